The second-order valence-corrected chi connectivity index (χ2v) is 3.92. The normalized spacial score (nSPS) is 12.5. The Morgan fingerprint density at radius 3 is 2.71 bits per heavy atom. The van der Waals surface area contributed by atoms with Crippen LogP contribution in [0.5, 0.6) is 0 Å². The van der Waals surface area contributed by atoms with Gasteiger partial charge in [0.1, 0.15) is 5.69 Å². The fourth-order valence-electron chi connectivity index (χ4n) is 1.59. The first kappa shape index (κ1) is 13.5. The average Bonchev–Trinajstić information content (AvgIpc) is 2.62. The van der Waals surface area contributed by atoms with E-state index in [0.29, 0.717) is 30.0 Å². The molecule has 6 nitrogen and oxygen atoms in total. The van der Waals surface area contributed by atoms with E-state index in [2.05, 4.69) is 10.4 Å². The van der Waals surface area contributed by atoms with Crippen LogP contribution in [0.2, 0.25) is 0 Å². The van der Waals surface area contributed by atoms with Crippen LogP contribution in [-0.4, -0.2) is 33.4 Å². The molecule has 1 atom stereocenters. The number of hydrogen-bond acceptors (Lipinski definition) is 4. The Kier molecular flexibility index (Phi) is 4.51. The molecule has 0 unspecified atom stereocenters. The van der Waals surface area contributed by atoms with Crippen molar-refractivity contribution < 1.29 is 9.90 Å². The average molecular weight is 240 g/mol. The molecule has 1 heterocycles. The topological polar surface area (TPSA) is 93.2 Å². The van der Waals surface area contributed by atoms with E-state index in [4.69, 9.17) is 10.8 Å². The quantitative estimate of drug-likeness (QED) is 0.689. The SMILES string of the molecule is CC[C@@H](CO)NC(=O)c1c(N)c(C)nn1CC. The lowest BCUT2D eigenvalue weighted by Gasteiger charge is -2.14. The minimum absolute atomic E-state index is 0.0820. The van der Waals surface area contributed by atoms with Crippen molar-refractivity contribution in [2.75, 3.05) is 12.3 Å². The van der Waals surface area contributed by atoms with Gasteiger partial charge in [-0.15, -0.1) is 0 Å². The van der Waals surface area contributed by atoms with Crippen molar-refractivity contribution in [2.45, 2.75) is 39.8 Å². The van der Waals surface area contributed by atoms with Crippen molar-refractivity contribution in [3.63, 3.8) is 0 Å². The number of nitrogens with one attached hydrogen (secondary N) is 1. The molecule has 1 aromatic heterocycles. The predicted molar refractivity (Wildman–Crippen MR) is 65.7 cm³/mol. The highest BCUT2D eigenvalue weighted by molar-refractivity contribution is 5.98. The number of aromatic nitrogens is 2. The standard InChI is InChI=1S/C11H20N4O2/c1-4-8(6-16)13-11(17)10-9(12)7(3)14-15(10)5-2/h8,16H,4-6,12H2,1-3H3,(H,13,17)/t8-/m0/s1. The summed E-state index contributed by atoms with van der Waals surface area (Å²) < 4.78 is 1.57. The minimum atomic E-state index is -0.286. The highest BCUT2D eigenvalue weighted by Crippen LogP contribution is 2.16. The summed E-state index contributed by atoms with van der Waals surface area (Å²) in [6.45, 7) is 6.05. The van der Waals surface area contributed by atoms with E-state index in [0.717, 1.165) is 0 Å². The molecule has 0 aliphatic heterocycles. The summed E-state index contributed by atoms with van der Waals surface area (Å²) in [5.74, 6) is -0.286. The number of aliphatic hydroxyl groups is 1. The van der Waals surface area contributed by atoms with Crippen LogP contribution in [-0.2, 0) is 6.54 Å². The lowest BCUT2D eigenvalue weighted by molar-refractivity contribution is 0.0905. The molecule has 0 aliphatic carbocycles. The molecule has 4 N–H and O–H groups in total. The van der Waals surface area contributed by atoms with Gasteiger partial charge in [-0.05, 0) is 20.3 Å². The number of nitrogens with two attached hydrogens (primary N) is 1. The Morgan fingerprint density at radius 1 is 1.59 bits per heavy atom. The summed E-state index contributed by atoms with van der Waals surface area (Å²) in [5, 5.41) is 16.0. The Morgan fingerprint density at radius 2 is 2.24 bits per heavy atom. The van der Waals surface area contributed by atoms with Crippen molar-refractivity contribution in [1.82, 2.24) is 15.1 Å². The molecule has 6 heteroatoms. The van der Waals surface area contributed by atoms with Crippen molar-refractivity contribution >= 4 is 11.6 Å². The number of amides is 1. The van der Waals surface area contributed by atoms with E-state index in [1.54, 1.807) is 11.6 Å². The molecule has 1 aromatic rings. The van der Waals surface area contributed by atoms with Crippen LogP contribution < -0.4 is 11.1 Å². The van der Waals surface area contributed by atoms with Gasteiger partial charge in [-0.3, -0.25) is 9.48 Å². The van der Waals surface area contributed by atoms with E-state index in [1.807, 2.05) is 13.8 Å². The van der Waals surface area contributed by atoms with Crippen molar-refractivity contribution in [3.8, 4) is 0 Å². The number of rotatable bonds is 5. The molecule has 1 amide bonds. The number of anilines is 1. The number of carbonyl (C=O) groups excluding carboxylic acids is 1. The third-order valence-corrected chi connectivity index (χ3v) is 2.74. The number of hydrogen-bond donors (Lipinski definition) is 3. The summed E-state index contributed by atoms with van der Waals surface area (Å²) in [6.07, 6.45) is 0.668. The summed E-state index contributed by atoms with van der Waals surface area (Å²) in [4.78, 5) is 12.0. The highest BCUT2D eigenvalue weighted by Gasteiger charge is 2.20. The molecule has 0 spiro atoms. The van der Waals surface area contributed by atoms with Gasteiger partial charge in [-0.1, -0.05) is 6.92 Å². The first-order valence-electron chi connectivity index (χ1n) is 5.79. The molecule has 0 aliphatic rings. The van der Waals surface area contributed by atoms with Crippen LogP contribution in [0.25, 0.3) is 0 Å². The van der Waals surface area contributed by atoms with E-state index >= 15 is 0 Å². The highest BCUT2D eigenvalue weighted by atomic mass is 16.3. The number of nitrogen functional groups attached to an aromatic ring is 1. The number of aryl methyl sites for hydroxylation is 2. The Labute approximate surface area is 101 Å². The number of nitrogens with zero attached hydrogens (tertiary/aromatic N) is 2. The molecule has 1 rings (SSSR count). The monoisotopic (exact) mass is 240 g/mol. The molecular formula is C11H20N4O2. The maximum Gasteiger partial charge on any atom is 0.272 e. The summed E-state index contributed by atoms with van der Waals surface area (Å²) in [5.41, 5.74) is 7.25. The first-order valence-corrected chi connectivity index (χ1v) is 5.79. The van der Waals surface area contributed by atoms with Gasteiger partial charge in [-0.2, -0.15) is 5.10 Å². The third kappa shape index (κ3) is 2.76. The smallest absolute Gasteiger partial charge is 0.272 e. The van der Waals surface area contributed by atoms with Gasteiger partial charge in [0, 0.05) is 6.54 Å². The summed E-state index contributed by atoms with van der Waals surface area (Å²) in [7, 11) is 0. The summed E-state index contributed by atoms with van der Waals surface area (Å²) in [6, 6.07) is -0.248. The second-order valence-electron chi connectivity index (χ2n) is 3.92. The van der Waals surface area contributed by atoms with Crippen LogP contribution in [0.1, 0.15) is 36.5 Å². The summed E-state index contributed by atoms with van der Waals surface area (Å²) >= 11 is 0. The fourth-order valence-corrected chi connectivity index (χ4v) is 1.59. The molecule has 0 bridgehead atoms. The Bertz CT molecular complexity index is 396. The molecule has 0 saturated heterocycles. The van der Waals surface area contributed by atoms with E-state index in [9.17, 15) is 4.79 Å². The third-order valence-electron chi connectivity index (χ3n) is 2.74. The molecule has 96 valence electrons. The van der Waals surface area contributed by atoms with Gasteiger partial charge < -0.3 is 16.2 Å². The maximum absolute atomic E-state index is 12.0. The van der Waals surface area contributed by atoms with Crippen LogP contribution in [0.3, 0.4) is 0 Å². The van der Waals surface area contributed by atoms with Crippen molar-refractivity contribution in [3.05, 3.63) is 11.4 Å². The number of carbonyl (C=O) groups is 1. The fraction of sp³-hybridized carbons (Fsp3) is 0.636. The van der Waals surface area contributed by atoms with E-state index in [-0.39, 0.29) is 18.6 Å². The second kappa shape index (κ2) is 5.67. The van der Waals surface area contributed by atoms with E-state index in [1.165, 1.54) is 0 Å². The molecule has 0 saturated carbocycles. The Balaban J connectivity index is 2.95. The maximum atomic E-state index is 12.0. The van der Waals surface area contributed by atoms with Crippen molar-refractivity contribution in [1.29, 1.82) is 0 Å². The van der Waals surface area contributed by atoms with Gasteiger partial charge >= 0.3 is 0 Å². The zero-order chi connectivity index (χ0) is 13.0. The van der Waals surface area contributed by atoms with Crippen LogP contribution >= 0.6 is 0 Å². The lowest BCUT2D eigenvalue weighted by Crippen LogP contribution is -2.38. The van der Waals surface area contributed by atoms with Crippen molar-refractivity contribution in [2.24, 2.45) is 0 Å². The van der Waals surface area contributed by atoms with Crippen LogP contribution in [0.4, 0.5) is 5.69 Å². The molecule has 17 heavy (non-hydrogen) atoms. The zero-order valence-electron chi connectivity index (χ0n) is 10.5. The van der Waals surface area contributed by atoms with Gasteiger partial charge in [0.15, 0.2) is 0 Å². The molecule has 0 aromatic carbocycles. The zero-order valence-corrected chi connectivity index (χ0v) is 10.5. The lowest BCUT2D eigenvalue weighted by atomic mass is 10.2. The van der Waals surface area contributed by atoms with Gasteiger partial charge in [-0.25, -0.2) is 0 Å². The first-order chi connectivity index (χ1) is 8.04. The van der Waals surface area contributed by atoms with Gasteiger partial charge in [0.05, 0.1) is 24.0 Å². The van der Waals surface area contributed by atoms with Gasteiger partial charge in [0.25, 0.3) is 5.91 Å². The predicted octanol–water partition coefficient (Wildman–Crippen LogP) is 0.294. The van der Waals surface area contributed by atoms with Crippen LogP contribution in [0, 0.1) is 6.92 Å². The van der Waals surface area contributed by atoms with E-state index < -0.39 is 0 Å². The largest absolute Gasteiger partial charge is 0.395 e. The molecule has 0 fully saturated rings. The molecular weight excluding hydrogens is 220 g/mol. The Hall–Kier alpha value is -1.56. The molecule has 0 radical (unpaired) electrons. The number of aliphatic hydroxyl groups excluding tert-OH is 1. The van der Waals surface area contributed by atoms with Gasteiger partial charge in [0.2, 0.25) is 0 Å². The minimum Gasteiger partial charge on any atom is -0.395 e. The van der Waals surface area contributed by atoms with Crippen LogP contribution in [0.15, 0.2) is 0 Å².